The first-order chi connectivity index (χ1) is 12.4. The number of aliphatic hydroxyl groups is 1. The highest BCUT2D eigenvalue weighted by atomic mass is 19.1. The minimum Gasteiger partial charge on any atom is -0.390 e. The molecule has 26 heavy (non-hydrogen) atoms. The highest BCUT2D eigenvalue weighted by Gasteiger charge is 2.44. The second kappa shape index (κ2) is 7.63. The van der Waals surface area contributed by atoms with Crippen LogP contribution in [0.3, 0.4) is 0 Å². The molecule has 3 unspecified atom stereocenters. The molecule has 2 aliphatic rings. The lowest BCUT2D eigenvalue weighted by atomic mass is 9.72. The highest BCUT2D eigenvalue weighted by molar-refractivity contribution is 5.75. The molecule has 0 spiro atoms. The third-order valence-electron chi connectivity index (χ3n) is 5.87. The predicted molar refractivity (Wildman–Crippen MR) is 95.7 cm³/mol. The summed E-state index contributed by atoms with van der Waals surface area (Å²) < 4.78 is 13.7. The Morgan fingerprint density at radius 2 is 2.23 bits per heavy atom. The number of likely N-dealkylation sites (tertiary alicyclic amines) is 1. The number of urea groups is 1. The summed E-state index contributed by atoms with van der Waals surface area (Å²) >= 11 is 0. The second-order valence-electron chi connectivity index (χ2n) is 7.70. The lowest BCUT2D eigenvalue weighted by molar-refractivity contribution is -0.0563. The number of amides is 2. The van der Waals surface area contributed by atoms with Crippen molar-refractivity contribution in [3.63, 3.8) is 0 Å². The number of nitrogens with zero attached hydrogens (tertiary/aromatic N) is 2. The van der Waals surface area contributed by atoms with E-state index >= 15 is 0 Å². The molecule has 1 saturated heterocycles. The Morgan fingerprint density at radius 3 is 2.92 bits per heavy atom. The van der Waals surface area contributed by atoms with Crippen LogP contribution >= 0.6 is 0 Å². The van der Waals surface area contributed by atoms with Gasteiger partial charge in [0.2, 0.25) is 0 Å². The van der Waals surface area contributed by atoms with E-state index in [-0.39, 0.29) is 30.1 Å². The molecule has 1 aromatic rings. The number of halogens is 1. The number of hydrogen-bond donors (Lipinski definition) is 2. The molecule has 2 fully saturated rings. The molecule has 3 atom stereocenters. The third kappa shape index (κ3) is 3.83. The monoisotopic (exact) mass is 359 g/mol. The van der Waals surface area contributed by atoms with Gasteiger partial charge in [-0.15, -0.1) is 0 Å². The zero-order chi connectivity index (χ0) is 18.7. The predicted octanol–water partition coefficient (Wildman–Crippen LogP) is 3.31. The highest BCUT2D eigenvalue weighted by Crippen LogP contribution is 2.40. The van der Waals surface area contributed by atoms with Gasteiger partial charge in [0.25, 0.3) is 0 Å². The van der Waals surface area contributed by atoms with E-state index in [0.717, 1.165) is 38.5 Å². The number of nitrogens with one attached hydrogen (secondary N) is 1. The Kier molecular flexibility index (Phi) is 5.47. The van der Waals surface area contributed by atoms with Gasteiger partial charge in [0, 0.05) is 25.0 Å². The van der Waals surface area contributed by atoms with Crippen LogP contribution in [0.15, 0.2) is 18.2 Å². The van der Waals surface area contributed by atoms with Crippen LogP contribution in [0.5, 0.6) is 0 Å². The van der Waals surface area contributed by atoms with Crippen LogP contribution in [-0.2, 0) is 6.54 Å². The summed E-state index contributed by atoms with van der Waals surface area (Å²) in [5.41, 5.74) is -0.100. The quantitative estimate of drug-likeness (QED) is 0.869. The van der Waals surface area contributed by atoms with Gasteiger partial charge in [0.15, 0.2) is 0 Å². The minimum atomic E-state index is -0.720. The molecule has 2 N–H and O–H groups in total. The van der Waals surface area contributed by atoms with E-state index in [2.05, 4.69) is 5.32 Å². The van der Waals surface area contributed by atoms with Crippen molar-refractivity contribution < 1.29 is 14.3 Å². The molecule has 0 bridgehead atoms. The maximum absolute atomic E-state index is 13.7. The summed E-state index contributed by atoms with van der Waals surface area (Å²) in [7, 11) is 0. The Bertz CT molecular complexity index is 713. The van der Waals surface area contributed by atoms with Gasteiger partial charge in [0.1, 0.15) is 11.9 Å². The van der Waals surface area contributed by atoms with E-state index < -0.39 is 11.4 Å². The molecular formula is C20H26FN3O2. The number of carbonyl (C=O) groups excluding carboxylic acids is 1. The molecule has 2 amide bonds. The van der Waals surface area contributed by atoms with Crippen molar-refractivity contribution in [1.29, 1.82) is 5.26 Å². The number of carbonyl (C=O) groups is 1. The zero-order valence-corrected chi connectivity index (χ0v) is 15.2. The SMILES string of the molecule is CC1(O)CCCCC1C1CCCN1C(=O)NCc1ccc(C#N)c(F)c1. The lowest BCUT2D eigenvalue weighted by Crippen LogP contribution is -2.52. The largest absolute Gasteiger partial charge is 0.390 e. The number of rotatable bonds is 3. The van der Waals surface area contributed by atoms with Crippen LogP contribution in [0.2, 0.25) is 0 Å². The van der Waals surface area contributed by atoms with E-state index in [9.17, 15) is 14.3 Å². The first kappa shape index (κ1) is 18.7. The molecule has 6 heteroatoms. The normalized spacial score (nSPS) is 28.6. The van der Waals surface area contributed by atoms with E-state index in [0.29, 0.717) is 12.1 Å². The summed E-state index contributed by atoms with van der Waals surface area (Å²) in [5.74, 6) is -0.464. The van der Waals surface area contributed by atoms with Gasteiger partial charge in [-0.05, 0) is 50.3 Å². The summed E-state index contributed by atoms with van der Waals surface area (Å²) in [6, 6.07) is 6.04. The lowest BCUT2D eigenvalue weighted by Gasteiger charge is -2.43. The average Bonchev–Trinajstić information content (AvgIpc) is 3.08. The average molecular weight is 359 g/mol. The minimum absolute atomic E-state index is 0.000728. The van der Waals surface area contributed by atoms with Gasteiger partial charge in [-0.2, -0.15) is 5.26 Å². The fourth-order valence-corrected chi connectivity index (χ4v) is 4.45. The van der Waals surface area contributed by atoms with Crippen molar-refractivity contribution in [1.82, 2.24) is 10.2 Å². The molecule has 1 aliphatic heterocycles. The number of hydrogen-bond acceptors (Lipinski definition) is 3. The molecule has 5 nitrogen and oxygen atoms in total. The fourth-order valence-electron chi connectivity index (χ4n) is 4.45. The van der Waals surface area contributed by atoms with Crippen LogP contribution in [0, 0.1) is 23.1 Å². The van der Waals surface area contributed by atoms with Gasteiger partial charge in [-0.3, -0.25) is 0 Å². The molecule has 1 saturated carbocycles. The van der Waals surface area contributed by atoms with Crippen molar-refractivity contribution in [2.45, 2.75) is 63.6 Å². The Morgan fingerprint density at radius 1 is 1.42 bits per heavy atom. The topological polar surface area (TPSA) is 76.4 Å². The van der Waals surface area contributed by atoms with Gasteiger partial charge >= 0.3 is 6.03 Å². The van der Waals surface area contributed by atoms with Crippen molar-refractivity contribution in [2.75, 3.05) is 6.54 Å². The van der Waals surface area contributed by atoms with Crippen LogP contribution in [0.25, 0.3) is 0 Å². The summed E-state index contributed by atoms with van der Waals surface area (Å²) in [6.07, 6.45) is 5.72. The molecule has 1 aromatic carbocycles. The summed E-state index contributed by atoms with van der Waals surface area (Å²) in [5, 5.41) is 22.4. The van der Waals surface area contributed by atoms with Crippen molar-refractivity contribution in [3.8, 4) is 6.07 Å². The molecule has 0 aromatic heterocycles. The smallest absolute Gasteiger partial charge is 0.317 e. The fraction of sp³-hybridized carbons (Fsp3) is 0.600. The standard InChI is InChI=1S/C20H26FN3O2/c1-20(26)9-3-2-5-16(20)18-6-4-10-24(18)19(25)23-13-14-7-8-15(12-22)17(21)11-14/h7-8,11,16,18,26H,2-6,9-10,13H2,1H3,(H,23,25). The van der Waals surface area contributed by atoms with Crippen molar-refractivity contribution >= 4 is 6.03 Å². The van der Waals surface area contributed by atoms with Gasteiger partial charge in [0.05, 0.1) is 11.2 Å². The van der Waals surface area contributed by atoms with Gasteiger partial charge < -0.3 is 15.3 Å². The Hall–Kier alpha value is -2.13. The van der Waals surface area contributed by atoms with E-state index in [4.69, 9.17) is 5.26 Å². The van der Waals surface area contributed by atoms with E-state index in [1.165, 1.54) is 12.1 Å². The van der Waals surface area contributed by atoms with Crippen molar-refractivity contribution in [2.24, 2.45) is 5.92 Å². The first-order valence-electron chi connectivity index (χ1n) is 9.38. The van der Waals surface area contributed by atoms with Gasteiger partial charge in [-0.1, -0.05) is 18.9 Å². The maximum Gasteiger partial charge on any atom is 0.317 e. The molecule has 0 radical (unpaired) electrons. The zero-order valence-electron chi connectivity index (χ0n) is 15.2. The summed E-state index contributed by atoms with van der Waals surface area (Å²) in [6.45, 7) is 2.79. The number of benzene rings is 1. The van der Waals surface area contributed by atoms with Crippen molar-refractivity contribution in [3.05, 3.63) is 35.1 Å². The van der Waals surface area contributed by atoms with E-state index in [1.54, 1.807) is 12.1 Å². The van der Waals surface area contributed by atoms with Crippen LogP contribution in [0.1, 0.15) is 56.6 Å². The maximum atomic E-state index is 13.7. The molecular weight excluding hydrogens is 333 g/mol. The van der Waals surface area contributed by atoms with E-state index in [1.807, 2.05) is 11.8 Å². The third-order valence-corrected chi connectivity index (χ3v) is 5.87. The van der Waals surface area contributed by atoms with Crippen LogP contribution < -0.4 is 5.32 Å². The molecule has 140 valence electrons. The summed E-state index contributed by atoms with van der Waals surface area (Å²) in [4.78, 5) is 14.5. The molecule has 1 heterocycles. The van der Waals surface area contributed by atoms with Gasteiger partial charge in [-0.25, -0.2) is 9.18 Å². The first-order valence-corrected chi connectivity index (χ1v) is 9.38. The molecule has 3 rings (SSSR count). The number of nitriles is 1. The van der Waals surface area contributed by atoms with Crippen LogP contribution in [-0.4, -0.2) is 34.2 Å². The Labute approximate surface area is 153 Å². The second-order valence-corrected chi connectivity index (χ2v) is 7.70. The Balaban J connectivity index is 1.63. The van der Waals surface area contributed by atoms with Crippen LogP contribution in [0.4, 0.5) is 9.18 Å². The molecule has 1 aliphatic carbocycles.